The highest BCUT2D eigenvalue weighted by Crippen LogP contribution is 2.13. The summed E-state index contributed by atoms with van der Waals surface area (Å²) < 4.78 is 0. The van der Waals surface area contributed by atoms with Crippen LogP contribution in [0.25, 0.3) is 0 Å². The number of rotatable bonds is 9. The van der Waals surface area contributed by atoms with Crippen LogP contribution in [0.4, 0.5) is 0 Å². The Labute approximate surface area is 167 Å². The van der Waals surface area contributed by atoms with E-state index in [9.17, 15) is 4.79 Å². The minimum absolute atomic E-state index is 0.133. The van der Waals surface area contributed by atoms with E-state index in [1.54, 1.807) is 6.92 Å². The molecular weight excluding hydrogens is 344 g/mol. The molecule has 3 rings (SSSR count). The van der Waals surface area contributed by atoms with Crippen molar-refractivity contribution in [3.8, 4) is 0 Å². The number of carbonyl (C=O) groups excluding carboxylic acids is 1. The van der Waals surface area contributed by atoms with E-state index in [0.717, 1.165) is 5.71 Å². The summed E-state index contributed by atoms with van der Waals surface area (Å²) >= 11 is 0. The largest absolute Gasteiger partial charge is 0.300 e. The predicted octanol–water partition coefficient (Wildman–Crippen LogP) is 5.27. The number of benzene rings is 3. The first kappa shape index (κ1) is 19.6. The summed E-state index contributed by atoms with van der Waals surface area (Å²) in [5.74, 6) is 0.133. The normalized spacial score (nSPS) is 11.2. The maximum Gasteiger partial charge on any atom is 0.135 e. The summed E-state index contributed by atoms with van der Waals surface area (Å²) in [5.41, 5.74) is 4.46. The number of Topliss-reactive ketones (excluding diaryl/α,β-unsaturated/α-hetero) is 1. The molecule has 0 heterocycles. The first-order valence-electron chi connectivity index (χ1n) is 9.61. The van der Waals surface area contributed by atoms with Gasteiger partial charge in [-0.1, -0.05) is 91.0 Å². The molecule has 0 saturated heterocycles. The molecule has 0 aliphatic carbocycles. The second kappa shape index (κ2) is 10.2. The Balaban J connectivity index is 1.86. The van der Waals surface area contributed by atoms with E-state index < -0.39 is 0 Å². The summed E-state index contributed by atoms with van der Waals surface area (Å²) in [6, 6.07) is 30.8. The van der Waals surface area contributed by atoms with E-state index in [1.807, 2.05) is 54.6 Å². The monoisotopic (exact) mass is 370 g/mol. The van der Waals surface area contributed by atoms with E-state index in [1.165, 1.54) is 16.7 Å². The molecule has 3 aromatic rings. The molecule has 0 atom stereocenters. The van der Waals surface area contributed by atoms with E-state index in [2.05, 4.69) is 41.4 Å². The number of ketones is 1. The van der Waals surface area contributed by atoms with Crippen LogP contribution in [-0.4, -0.2) is 16.5 Å². The quantitative estimate of drug-likeness (QED) is 0.380. The van der Waals surface area contributed by atoms with Gasteiger partial charge in [0.25, 0.3) is 0 Å². The lowest BCUT2D eigenvalue weighted by atomic mass is 10.1. The highest BCUT2D eigenvalue weighted by molar-refractivity contribution is 6.01. The van der Waals surface area contributed by atoms with E-state index in [0.29, 0.717) is 25.9 Å². The third-order valence-electron chi connectivity index (χ3n) is 4.40. The minimum Gasteiger partial charge on any atom is -0.300 e. The average molecular weight is 370 g/mol. The van der Waals surface area contributed by atoms with Crippen LogP contribution in [0, 0.1) is 0 Å². The SMILES string of the molecule is CC(=O)C/C(Cc1ccccc1)=N\N(Cc1ccccc1)Cc1ccccc1. The lowest BCUT2D eigenvalue weighted by molar-refractivity contribution is -0.115. The second-order valence-electron chi connectivity index (χ2n) is 7.00. The van der Waals surface area contributed by atoms with Gasteiger partial charge in [0.05, 0.1) is 13.1 Å². The molecule has 0 aromatic heterocycles. The molecule has 3 nitrogen and oxygen atoms in total. The van der Waals surface area contributed by atoms with Gasteiger partial charge in [-0.05, 0) is 23.6 Å². The first-order chi connectivity index (χ1) is 13.7. The number of carbonyl (C=O) groups is 1. The molecule has 0 N–H and O–H groups in total. The maximum absolute atomic E-state index is 11.8. The molecule has 0 saturated carbocycles. The van der Waals surface area contributed by atoms with Crippen LogP contribution >= 0.6 is 0 Å². The minimum atomic E-state index is 0.133. The number of hydrogen-bond acceptors (Lipinski definition) is 3. The Morgan fingerprint density at radius 2 is 1.14 bits per heavy atom. The molecule has 0 unspecified atom stereocenters. The van der Waals surface area contributed by atoms with Crippen molar-refractivity contribution in [2.75, 3.05) is 0 Å². The molecular formula is C25H26N2O. The topological polar surface area (TPSA) is 32.7 Å². The van der Waals surface area contributed by atoms with Crippen LogP contribution < -0.4 is 0 Å². The van der Waals surface area contributed by atoms with Gasteiger partial charge in [0, 0.05) is 18.6 Å². The molecule has 3 aromatic carbocycles. The summed E-state index contributed by atoms with van der Waals surface area (Å²) in [4.78, 5) is 11.8. The molecule has 0 radical (unpaired) electrons. The average Bonchev–Trinajstić information content (AvgIpc) is 2.70. The summed E-state index contributed by atoms with van der Waals surface area (Å²) in [6.45, 7) is 3.02. The highest BCUT2D eigenvalue weighted by Gasteiger charge is 2.10. The lowest BCUT2D eigenvalue weighted by Gasteiger charge is -2.21. The van der Waals surface area contributed by atoms with E-state index in [-0.39, 0.29) is 5.78 Å². The Morgan fingerprint density at radius 3 is 1.57 bits per heavy atom. The van der Waals surface area contributed by atoms with Crippen molar-refractivity contribution >= 4 is 11.5 Å². The van der Waals surface area contributed by atoms with Crippen LogP contribution in [0.3, 0.4) is 0 Å². The molecule has 0 aliphatic rings. The van der Waals surface area contributed by atoms with Gasteiger partial charge < -0.3 is 0 Å². The molecule has 0 bridgehead atoms. The number of hydrogen-bond donors (Lipinski definition) is 0. The van der Waals surface area contributed by atoms with Crippen LogP contribution in [0.5, 0.6) is 0 Å². The summed E-state index contributed by atoms with van der Waals surface area (Å²) in [5, 5.41) is 6.99. The van der Waals surface area contributed by atoms with Gasteiger partial charge in [-0.3, -0.25) is 9.80 Å². The summed E-state index contributed by atoms with van der Waals surface area (Å²) in [7, 11) is 0. The van der Waals surface area contributed by atoms with Gasteiger partial charge >= 0.3 is 0 Å². The van der Waals surface area contributed by atoms with E-state index in [4.69, 9.17) is 5.10 Å². The summed E-state index contributed by atoms with van der Waals surface area (Å²) in [6.07, 6.45) is 1.05. The Bertz CT molecular complexity index is 848. The Hall–Kier alpha value is -3.20. The molecule has 0 amide bonds. The van der Waals surface area contributed by atoms with Crippen molar-refractivity contribution < 1.29 is 4.79 Å². The molecule has 28 heavy (non-hydrogen) atoms. The molecule has 3 heteroatoms. The lowest BCUT2D eigenvalue weighted by Crippen LogP contribution is -2.21. The Morgan fingerprint density at radius 1 is 0.714 bits per heavy atom. The molecule has 0 fully saturated rings. The second-order valence-corrected chi connectivity index (χ2v) is 7.00. The van der Waals surface area contributed by atoms with Crippen molar-refractivity contribution in [2.45, 2.75) is 32.9 Å². The van der Waals surface area contributed by atoms with Gasteiger partial charge in [0.2, 0.25) is 0 Å². The zero-order valence-electron chi connectivity index (χ0n) is 16.3. The van der Waals surface area contributed by atoms with Crippen molar-refractivity contribution in [1.82, 2.24) is 5.01 Å². The standard InChI is InChI=1S/C25H26N2O/c1-21(28)17-25(18-22-11-5-2-6-12-22)26-27(19-23-13-7-3-8-14-23)20-24-15-9-4-10-16-24/h2-16H,17-20H2,1H3/b26-25+. The van der Waals surface area contributed by atoms with Crippen molar-refractivity contribution in [3.63, 3.8) is 0 Å². The molecule has 142 valence electrons. The van der Waals surface area contributed by atoms with Crippen LogP contribution in [0.15, 0.2) is 96.1 Å². The van der Waals surface area contributed by atoms with Crippen LogP contribution in [-0.2, 0) is 24.3 Å². The van der Waals surface area contributed by atoms with Gasteiger partial charge in [0.15, 0.2) is 0 Å². The van der Waals surface area contributed by atoms with Crippen molar-refractivity contribution in [2.24, 2.45) is 5.10 Å². The Kier molecular flexibility index (Phi) is 7.14. The van der Waals surface area contributed by atoms with Crippen LogP contribution in [0.1, 0.15) is 30.0 Å². The van der Waals surface area contributed by atoms with Gasteiger partial charge in [-0.15, -0.1) is 0 Å². The fourth-order valence-corrected chi connectivity index (χ4v) is 3.17. The molecule has 0 spiro atoms. The van der Waals surface area contributed by atoms with Crippen molar-refractivity contribution in [1.29, 1.82) is 0 Å². The van der Waals surface area contributed by atoms with Gasteiger partial charge in [0.1, 0.15) is 5.78 Å². The number of nitrogens with zero attached hydrogens (tertiary/aromatic N) is 2. The third-order valence-corrected chi connectivity index (χ3v) is 4.40. The zero-order chi connectivity index (χ0) is 19.6. The maximum atomic E-state index is 11.8. The smallest absolute Gasteiger partial charge is 0.135 e. The fourth-order valence-electron chi connectivity index (χ4n) is 3.17. The van der Waals surface area contributed by atoms with E-state index >= 15 is 0 Å². The molecule has 0 aliphatic heterocycles. The van der Waals surface area contributed by atoms with Crippen LogP contribution in [0.2, 0.25) is 0 Å². The predicted molar refractivity (Wildman–Crippen MR) is 115 cm³/mol. The first-order valence-corrected chi connectivity index (χ1v) is 9.61. The zero-order valence-corrected chi connectivity index (χ0v) is 16.3. The van der Waals surface area contributed by atoms with Crippen molar-refractivity contribution in [3.05, 3.63) is 108 Å². The van der Waals surface area contributed by atoms with Gasteiger partial charge in [-0.2, -0.15) is 5.10 Å². The third kappa shape index (κ3) is 6.51. The fraction of sp³-hybridized carbons (Fsp3) is 0.200. The highest BCUT2D eigenvalue weighted by atomic mass is 16.1. The number of hydrazone groups is 1. The van der Waals surface area contributed by atoms with Gasteiger partial charge in [-0.25, -0.2) is 0 Å².